The van der Waals surface area contributed by atoms with Crippen molar-refractivity contribution < 1.29 is 19.1 Å². The molecule has 0 radical (unpaired) electrons. The van der Waals surface area contributed by atoms with Crippen LogP contribution >= 0.6 is 0 Å². The maximum absolute atomic E-state index is 12.3. The van der Waals surface area contributed by atoms with Gasteiger partial charge in [-0.2, -0.15) is 0 Å². The molecular formula is C18H25N3O4. The Morgan fingerprint density at radius 1 is 1.04 bits per heavy atom. The Bertz CT molecular complexity index is 642. The van der Waals surface area contributed by atoms with Crippen LogP contribution in [0.4, 0.5) is 4.79 Å². The first-order valence-corrected chi connectivity index (χ1v) is 8.28. The molecule has 25 heavy (non-hydrogen) atoms. The molecule has 1 aromatic rings. The van der Waals surface area contributed by atoms with Crippen molar-refractivity contribution in [3.8, 4) is 0 Å². The second kappa shape index (κ2) is 8.22. The average Bonchev–Trinajstić information content (AvgIpc) is 2.77. The molecule has 2 rings (SSSR count). The van der Waals surface area contributed by atoms with E-state index in [1.807, 2.05) is 17.0 Å². The van der Waals surface area contributed by atoms with Crippen LogP contribution in [0.15, 0.2) is 24.3 Å². The average molecular weight is 347 g/mol. The van der Waals surface area contributed by atoms with Gasteiger partial charge in [-0.25, -0.2) is 9.69 Å². The van der Waals surface area contributed by atoms with Gasteiger partial charge >= 0.3 is 17.8 Å². The van der Waals surface area contributed by atoms with Crippen LogP contribution in [-0.4, -0.2) is 66.5 Å². The summed E-state index contributed by atoms with van der Waals surface area (Å²) in [6.07, 6.45) is 0. The van der Waals surface area contributed by atoms with Crippen molar-refractivity contribution in [1.29, 1.82) is 0 Å². The van der Waals surface area contributed by atoms with E-state index in [0.717, 1.165) is 15.4 Å². The molecule has 136 valence electrons. The zero-order chi connectivity index (χ0) is 18.6. The summed E-state index contributed by atoms with van der Waals surface area (Å²) in [6.45, 7) is 5.20. The minimum atomic E-state index is -0.795. The number of benzene rings is 1. The number of urea groups is 1. The van der Waals surface area contributed by atoms with E-state index in [0.29, 0.717) is 12.5 Å². The Morgan fingerprint density at radius 2 is 1.64 bits per heavy atom. The van der Waals surface area contributed by atoms with E-state index in [1.165, 1.54) is 12.7 Å². The van der Waals surface area contributed by atoms with Gasteiger partial charge in [-0.1, -0.05) is 38.1 Å². The summed E-state index contributed by atoms with van der Waals surface area (Å²) in [5.74, 6) is -1.12. The topological polar surface area (TPSA) is 70.2 Å². The van der Waals surface area contributed by atoms with Crippen molar-refractivity contribution in [2.24, 2.45) is 0 Å². The molecule has 0 unspecified atom stereocenters. The van der Waals surface area contributed by atoms with Gasteiger partial charge in [0, 0.05) is 13.7 Å². The van der Waals surface area contributed by atoms with Crippen molar-refractivity contribution in [3.05, 3.63) is 35.4 Å². The van der Waals surface area contributed by atoms with E-state index in [1.54, 1.807) is 7.05 Å². The van der Waals surface area contributed by atoms with Crippen LogP contribution in [0.2, 0.25) is 0 Å². The lowest BCUT2D eigenvalue weighted by molar-refractivity contribution is -0.144. The zero-order valence-electron chi connectivity index (χ0n) is 15.2. The maximum atomic E-state index is 12.3. The van der Waals surface area contributed by atoms with Crippen molar-refractivity contribution >= 4 is 17.8 Å². The highest BCUT2D eigenvalue weighted by molar-refractivity contribution is 6.44. The highest BCUT2D eigenvalue weighted by Crippen LogP contribution is 2.16. The van der Waals surface area contributed by atoms with Gasteiger partial charge < -0.3 is 4.74 Å². The van der Waals surface area contributed by atoms with Gasteiger partial charge in [0.1, 0.15) is 0 Å². The standard InChI is InChI=1S/C18H25N3O4/c1-13(2)15-7-5-14(6-8-15)11-19(3)12-21-17(23)16(22)20(18(21)24)9-10-25-4/h5-8,13H,9-12H2,1-4H3. The molecule has 0 atom stereocenters. The largest absolute Gasteiger partial charge is 0.383 e. The van der Waals surface area contributed by atoms with Crippen LogP contribution in [0.3, 0.4) is 0 Å². The summed E-state index contributed by atoms with van der Waals surface area (Å²) in [4.78, 5) is 40.0. The third kappa shape index (κ3) is 4.43. The quantitative estimate of drug-likeness (QED) is 0.528. The van der Waals surface area contributed by atoms with Gasteiger partial charge in [0.25, 0.3) is 0 Å². The van der Waals surface area contributed by atoms with Crippen LogP contribution in [0, 0.1) is 0 Å². The Balaban J connectivity index is 1.97. The maximum Gasteiger partial charge on any atom is 0.335 e. The Hall–Kier alpha value is -2.25. The lowest BCUT2D eigenvalue weighted by Crippen LogP contribution is -2.41. The number of carbonyl (C=O) groups is 3. The number of methoxy groups -OCH3 is 1. The fourth-order valence-corrected chi connectivity index (χ4v) is 2.67. The molecule has 1 aliphatic rings. The first-order chi connectivity index (χ1) is 11.8. The summed E-state index contributed by atoms with van der Waals surface area (Å²) in [5, 5.41) is 0. The van der Waals surface area contributed by atoms with E-state index >= 15 is 0 Å². The minimum absolute atomic E-state index is 0.0683. The molecule has 4 amide bonds. The van der Waals surface area contributed by atoms with Gasteiger partial charge in [0.05, 0.1) is 19.8 Å². The molecule has 0 aliphatic carbocycles. The minimum Gasteiger partial charge on any atom is -0.383 e. The van der Waals surface area contributed by atoms with Gasteiger partial charge in [0.2, 0.25) is 0 Å². The molecule has 0 aromatic heterocycles. The van der Waals surface area contributed by atoms with Crippen LogP contribution in [0.5, 0.6) is 0 Å². The van der Waals surface area contributed by atoms with Crippen LogP contribution < -0.4 is 0 Å². The number of hydrogen-bond donors (Lipinski definition) is 0. The Kier molecular flexibility index (Phi) is 6.27. The number of rotatable bonds is 8. The lowest BCUT2D eigenvalue weighted by atomic mass is 10.0. The van der Waals surface area contributed by atoms with E-state index in [4.69, 9.17) is 4.74 Å². The smallest absolute Gasteiger partial charge is 0.335 e. The second-order valence-corrected chi connectivity index (χ2v) is 6.52. The van der Waals surface area contributed by atoms with Gasteiger partial charge in [-0.3, -0.25) is 19.4 Å². The summed E-state index contributed by atoms with van der Waals surface area (Å²) in [7, 11) is 3.28. The molecule has 7 nitrogen and oxygen atoms in total. The molecule has 1 aliphatic heterocycles. The zero-order valence-corrected chi connectivity index (χ0v) is 15.2. The van der Waals surface area contributed by atoms with Crippen LogP contribution in [0.25, 0.3) is 0 Å². The number of amides is 4. The van der Waals surface area contributed by atoms with Crippen LogP contribution in [0.1, 0.15) is 30.9 Å². The molecular weight excluding hydrogens is 322 g/mol. The SMILES string of the molecule is COCCN1C(=O)C(=O)N(CN(C)Cc2ccc(C(C)C)cc2)C1=O. The van der Waals surface area contributed by atoms with Crippen molar-refractivity contribution in [1.82, 2.24) is 14.7 Å². The van der Waals surface area contributed by atoms with Crippen molar-refractivity contribution in [2.45, 2.75) is 26.3 Å². The molecule has 0 N–H and O–H groups in total. The predicted octanol–water partition coefficient (Wildman–Crippen LogP) is 1.64. The summed E-state index contributed by atoms with van der Waals surface area (Å²) in [6, 6.07) is 7.64. The van der Waals surface area contributed by atoms with Gasteiger partial charge in [-0.15, -0.1) is 0 Å². The van der Waals surface area contributed by atoms with Gasteiger partial charge in [-0.05, 0) is 24.1 Å². The number of nitrogens with zero attached hydrogens (tertiary/aromatic N) is 3. The predicted molar refractivity (Wildman–Crippen MR) is 92.7 cm³/mol. The lowest BCUT2D eigenvalue weighted by Gasteiger charge is -2.22. The highest BCUT2D eigenvalue weighted by atomic mass is 16.5. The molecule has 0 saturated carbocycles. The molecule has 1 fully saturated rings. The summed E-state index contributed by atoms with van der Waals surface area (Å²) in [5.41, 5.74) is 2.34. The monoisotopic (exact) mass is 347 g/mol. The Labute approximate surface area is 148 Å². The van der Waals surface area contributed by atoms with Crippen molar-refractivity contribution in [2.75, 3.05) is 34.0 Å². The van der Waals surface area contributed by atoms with E-state index in [-0.39, 0.29) is 19.8 Å². The molecule has 7 heteroatoms. The fraction of sp³-hybridized carbons (Fsp3) is 0.500. The third-order valence-electron chi connectivity index (χ3n) is 4.14. The van der Waals surface area contributed by atoms with Crippen molar-refractivity contribution in [3.63, 3.8) is 0 Å². The summed E-state index contributed by atoms with van der Waals surface area (Å²) >= 11 is 0. The number of hydrogen-bond acceptors (Lipinski definition) is 5. The molecule has 1 saturated heterocycles. The molecule has 1 aromatic carbocycles. The molecule has 0 bridgehead atoms. The molecule has 1 heterocycles. The van der Waals surface area contributed by atoms with E-state index in [9.17, 15) is 14.4 Å². The van der Waals surface area contributed by atoms with Gasteiger partial charge in [0.15, 0.2) is 0 Å². The van der Waals surface area contributed by atoms with E-state index in [2.05, 4.69) is 26.0 Å². The number of ether oxygens (including phenoxy) is 1. The normalized spacial score (nSPS) is 15.2. The summed E-state index contributed by atoms with van der Waals surface area (Å²) < 4.78 is 4.87. The molecule has 0 spiro atoms. The van der Waals surface area contributed by atoms with Crippen LogP contribution in [-0.2, 0) is 20.9 Å². The third-order valence-corrected chi connectivity index (χ3v) is 4.14. The fourth-order valence-electron chi connectivity index (χ4n) is 2.67. The Morgan fingerprint density at radius 3 is 2.20 bits per heavy atom. The van der Waals surface area contributed by atoms with E-state index < -0.39 is 17.8 Å². The first-order valence-electron chi connectivity index (χ1n) is 8.28. The second-order valence-electron chi connectivity index (χ2n) is 6.52. The first kappa shape index (κ1) is 19.1. The number of carbonyl (C=O) groups excluding carboxylic acids is 3. The highest BCUT2D eigenvalue weighted by Gasteiger charge is 2.44. The number of imide groups is 2.